The van der Waals surface area contributed by atoms with Crippen molar-refractivity contribution in [2.75, 3.05) is 39.3 Å². The molecule has 0 spiro atoms. The van der Waals surface area contributed by atoms with E-state index in [0.29, 0.717) is 23.8 Å². The summed E-state index contributed by atoms with van der Waals surface area (Å²) in [5, 5.41) is 3.58. The van der Waals surface area contributed by atoms with Crippen LogP contribution in [-0.2, 0) is 4.79 Å². The average molecular weight is 327 g/mol. The summed E-state index contributed by atoms with van der Waals surface area (Å²) < 4.78 is 0. The lowest BCUT2D eigenvalue weighted by atomic mass is 9.85. The fourth-order valence-corrected chi connectivity index (χ4v) is 4.30. The SMILES string of the molecule is Cc1ccc(C2CNCCC2N2CCN(C(=O)C3CC3)CC2)cc1. The van der Waals surface area contributed by atoms with Gasteiger partial charge in [-0.1, -0.05) is 29.8 Å². The first kappa shape index (κ1) is 16.1. The van der Waals surface area contributed by atoms with Crippen molar-refractivity contribution in [1.82, 2.24) is 15.1 Å². The Morgan fingerprint density at radius 1 is 1.04 bits per heavy atom. The fourth-order valence-electron chi connectivity index (χ4n) is 4.30. The van der Waals surface area contributed by atoms with E-state index in [9.17, 15) is 4.79 Å². The van der Waals surface area contributed by atoms with Gasteiger partial charge in [-0.15, -0.1) is 0 Å². The molecular weight excluding hydrogens is 298 g/mol. The minimum atomic E-state index is 0.357. The van der Waals surface area contributed by atoms with E-state index in [2.05, 4.69) is 46.3 Å². The molecule has 4 heteroatoms. The number of piperidine rings is 1. The summed E-state index contributed by atoms with van der Waals surface area (Å²) in [4.78, 5) is 17.0. The smallest absolute Gasteiger partial charge is 0.225 e. The number of aryl methyl sites for hydroxylation is 1. The average Bonchev–Trinajstić information content (AvgIpc) is 3.47. The van der Waals surface area contributed by atoms with Crippen LogP contribution in [0.1, 0.15) is 36.3 Å². The Hall–Kier alpha value is -1.39. The van der Waals surface area contributed by atoms with Gasteiger partial charge in [0.2, 0.25) is 5.91 Å². The number of amides is 1. The zero-order valence-electron chi connectivity index (χ0n) is 14.7. The van der Waals surface area contributed by atoms with Gasteiger partial charge in [-0.05, 0) is 38.3 Å². The van der Waals surface area contributed by atoms with Crippen LogP contribution in [0.2, 0.25) is 0 Å². The highest BCUT2D eigenvalue weighted by Crippen LogP contribution is 2.32. The molecule has 0 bridgehead atoms. The van der Waals surface area contributed by atoms with Gasteiger partial charge < -0.3 is 10.2 Å². The van der Waals surface area contributed by atoms with E-state index in [-0.39, 0.29) is 0 Å². The summed E-state index contributed by atoms with van der Waals surface area (Å²) in [6.07, 6.45) is 3.43. The minimum absolute atomic E-state index is 0.357. The van der Waals surface area contributed by atoms with E-state index in [1.807, 2.05) is 0 Å². The number of hydrogen-bond acceptors (Lipinski definition) is 3. The largest absolute Gasteiger partial charge is 0.340 e. The molecule has 130 valence electrons. The summed E-state index contributed by atoms with van der Waals surface area (Å²) in [7, 11) is 0. The summed E-state index contributed by atoms with van der Waals surface area (Å²) in [5.74, 6) is 1.33. The maximum Gasteiger partial charge on any atom is 0.225 e. The summed E-state index contributed by atoms with van der Waals surface area (Å²) in [6, 6.07) is 9.66. The van der Waals surface area contributed by atoms with Gasteiger partial charge in [-0.2, -0.15) is 0 Å². The van der Waals surface area contributed by atoms with Gasteiger partial charge in [-0.25, -0.2) is 0 Å². The molecule has 2 heterocycles. The van der Waals surface area contributed by atoms with E-state index in [1.54, 1.807) is 0 Å². The van der Waals surface area contributed by atoms with Crippen molar-refractivity contribution >= 4 is 5.91 Å². The molecule has 1 aromatic rings. The van der Waals surface area contributed by atoms with E-state index in [1.165, 1.54) is 17.5 Å². The number of rotatable bonds is 3. The number of benzene rings is 1. The number of piperazine rings is 1. The molecular formula is C20H29N3O. The lowest BCUT2D eigenvalue weighted by Gasteiger charge is -2.44. The van der Waals surface area contributed by atoms with Gasteiger partial charge in [-0.3, -0.25) is 9.69 Å². The topological polar surface area (TPSA) is 35.6 Å². The number of nitrogens with one attached hydrogen (secondary N) is 1. The summed E-state index contributed by atoms with van der Waals surface area (Å²) >= 11 is 0. The molecule has 2 atom stereocenters. The molecule has 24 heavy (non-hydrogen) atoms. The Balaban J connectivity index is 1.42. The second-order valence-electron chi connectivity index (χ2n) is 7.71. The third-order valence-electron chi connectivity index (χ3n) is 5.97. The second-order valence-corrected chi connectivity index (χ2v) is 7.71. The minimum Gasteiger partial charge on any atom is -0.340 e. The highest BCUT2D eigenvalue weighted by Gasteiger charge is 2.37. The Kier molecular flexibility index (Phi) is 4.59. The summed E-state index contributed by atoms with van der Waals surface area (Å²) in [5.41, 5.74) is 2.78. The van der Waals surface area contributed by atoms with Crippen LogP contribution in [0, 0.1) is 12.8 Å². The first-order valence-corrected chi connectivity index (χ1v) is 9.52. The van der Waals surface area contributed by atoms with E-state index >= 15 is 0 Å². The number of hydrogen-bond donors (Lipinski definition) is 1. The maximum atomic E-state index is 12.3. The van der Waals surface area contributed by atoms with E-state index in [4.69, 9.17) is 0 Å². The van der Waals surface area contributed by atoms with Crippen molar-refractivity contribution in [3.8, 4) is 0 Å². The molecule has 2 aliphatic heterocycles. The molecule has 0 radical (unpaired) electrons. The highest BCUT2D eigenvalue weighted by molar-refractivity contribution is 5.81. The predicted molar refractivity (Wildman–Crippen MR) is 96.1 cm³/mol. The van der Waals surface area contributed by atoms with Crippen LogP contribution in [0.4, 0.5) is 0 Å². The maximum absolute atomic E-state index is 12.3. The molecule has 1 amide bonds. The third kappa shape index (κ3) is 3.35. The molecule has 3 fully saturated rings. The Morgan fingerprint density at radius 2 is 1.75 bits per heavy atom. The molecule has 0 aromatic heterocycles. The van der Waals surface area contributed by atoms with E-state index < -0.39 is 0 Å². The summed E-state index contributed by atoms with van der Waals surface area (Å²) in [6.45, 7) is 8.22. The van der Waals surface area contributed by atoms with Crippen molar-refractivity contribution in [3.63, 3.8) is 0 Å². The van der Waals surface area contributed by atoms with Crippen LogP contribution in [0.15, 0.2) is 24.3 Å². The molecule has 1 aliphatic carbocycles. The molecule has 1 N–H and O–H groups in total. The molecule has 2 saturated heterocycles. The molecule has 4 rings (SSSR count). The van der Waals surface area contributed by atoms with Crippen LogP contribution in [0.25, 0.3) is 0 Å². The molecule has 1 saturated carbocycles. The number of nitrogens with zero attached hydrogens (tertiary/aromatic N) is 2. The zero-order chi connectivity index (χ0) is 16.5. The van der Waals surface area contributed by atoms with Gasteiger partial charge in [0.15, 0.2) is 0 Å². The monoisotopic (exact) mass is 327 g/mol. The van der Waals surface area contributed by atoms with Gasteiger partial charge >= 0.3 is 0 Å². The van der Waals surface area contributed by atoms with Gasteiger partial charge in [0.25, 0.3) is 0 Å². The standard InChI is InChI=1S/C20H29N3O/c1-15-2-4-16(5-3-15)18-14-21-9-8-19(18)22-10-12-23(13-11-22)20(24)17-6-7-17/h2-5,17-19,21H,6-14H2,1H3. The molecule has 1 aromatic carbocycles. The number of carbonyl (C=O) groups excluding carboxylic acids is 1. The van der Waals surface area contributed by atoms with Crippen LogP contribution < -0.4 is 5.32 Å². The van der Waals surface area contributed by atoms with Crippen LogP contribution in [0.3, 0.4) is 0 Å². The lowest BCUT2D eigenvalue weighted by Crippen LogP contribution is -2.56. The van der Waals surface area contributed by atoms with E-state index in [0.717, 1.165) is 52.1 Å². The van der Waals surface area contributed by atoms with Crippen LogP contribution in [0.5, 0.6) is 0 Å². The van der Waals surface area contributed by atoms with Crippen molar-refractivity contribution in [2.24, 2.45) is 5.92 Å². The Labute approximate surface area is 145 Å². The van der Waals surface area contributed by atoms with Gasteiger partial charge in [0.05, 0.1) is 0 Å². The fraction of sp³-hybridized carbons (Fsp3) is 0.650. The lowest BCUT2D eigenvalue weighted by molar-refractivity contribution is -0.134. The first-order valence-electron chi connectivity index (χ1n) is 9.52. The molecule has 3 aliphatic rings. The Bertz CT molecular complexity index is 573. The van der Waals surface area contributed by atoms with Crippen molar-refractivity contribution in [3.05, 3.63) is 35.4 Å². The Morgan fingerprint density at radius 3 is 2.42 bits per heavy atom. The predicted octanol–water partition coefficient (Wildman–Crippen LogP) is 1.99. The van der Waals surface area contributed by atoms with Crippen molar-refractivity contribution in [2.45, 2.75) is 38.1 Å². The van der Waals surface area contributed by atoms with Crippen molar-refractivity contribution < 1.29 is 4.79 Å². The van der Waals surface area contributed by atoms with Gasteiger partial charge in [0, 0.05) is 50.6 Å². The number of carbonyl (C=O) groups is 1. The zero-order valence-corrected chi connectivity index (χ0v) is 14.7. The van der Waals surface area contributed by atoms with Crippen LogP contribution >= 0.6 is 0 Å². The second kappa shape index (κ2) is 6.85. The quantitative estimate of drug-likeness (QED) is 0.922. The third-order valence-corrected chi connectivity index (χ3v) is 5.97. The molecule has 4 nitrogen and oxygen atoms in total. The normalized spacial score (nSPS) is 28.8. The van der Waals surface area contributed by atoms with Crippen molar-refractivity contribution in [1.29, 1.82) is 0 Å². The van der Waals surface area contributed by atoms with Gasteiger partial charge in [0.1, 0.15) is 0 Å². The van der Waals surface area contributed by atoms with Crippen LogP contribution in [-0.4, -0.2) is 61.0 Å². The first-order chi connectivity index (χ1) is 11.7. The highest BCUT2D eigenvalue weighted by atomic mass is 16.2. The molecule has 2 unspecified atom stereocenters.